The number of fused-ring (bicyclic) bond motifs is 1. The largest absolute Gasteiger partial charge is 0.378 e. The lowest BCUT2D eigenvalue weighted by Gasteiger charge is -2.41. The van der Waals surface area contributed by atoms with Gasteiger partial charge in [-0.3, -0.25) is 4.79 Å². The predicted octanol–water partition coefficient (Wildman–Crippen LogP) is 2.66. The van der Waals surface area contributed by atoms with E-state index in [1.54, 1.807) is 12.1 Å². The van der Waals surface area contributed by atoms with Crippen molar-refractivity contribution in [1.82, 2.24) is 4.90 Å². The van der Waals surface area contributed by atoms with E-state index in [0.717, 1.165) is 39.1 Å². The van der Waals surface area contributed by atoms with Gasteiger partial charge in [0.1, 0.15) is 5.82 Å². The highest BCUT2D eigenvalue weighted by molar-refractivity contribution is 5.90. The highest BCUT2D eigenvalue weighted by Gasteiger charge is 2.31. The molecule has 2 aliphatic heterocycles. The first-order valence-electron chi connectivity index (χ1n) is 8.10. The molecular weight excluding hydrogens is 283 g/mol. The van der Waals surface area contributed by atoms with Crippen LogP contribution in [0, 0.1) is 11.7 Å². The van der Waals surface area contributed by atoms with Crippen LogP contribution in [0.5, 0.6) is 0 Å². The average Bonchev–Trinajstić information content (AvgIpc) is 2.53. The van der Waals surface area contributed by atoms with Gasteiger partial charge in [-0.2, -0.15) is 0 Å². The number of benzene rings is 1. The van der Waals surface area contributed by atoms with Crippen molar-refractivity contribution in [1.29, 1.82) is 0 Å². The van der Waals surface area contributed by atoms with Gasteiger partial charge in [-0.25, -0.2) is 4.39 Å². The van der Waals surface area contributed by atoms with Gasteiger partial charge in [-0.1, -0.05) is 6.07 Å². The zero-order valence-corrected chi connectivity index (χ0v) is 12.8. The number of nitrogens with one attached hydrogen (secondary N) is 1. The van der Waals surface area contributed by atoms with E-state index < -0.39 is 0 Å². The van der Waals surface area contributed by atoms with Crippen molar-refractivity contribution >= 4 is 11.6 Å². The fraction of sp³-hybridized carbons (Fsp3) is 0.588. The molecule has 4 nitrogen and oxygen atoms in total. The molecule has 0 aliphatic carbocycles. The van der Waals surface area contributed by atoms with Crippen molar-refractivity contribution < 1.29 is 13.9 Å². The van der Waals surface area contributed by atoms with Crippen LogP contribution in [-0.2, 0) is 9.53 Å². The number of hydrogen-bond donors (Lipinski definition) is 1. The minimum Gasteiger partial charge on any atom is -0.378 e. The molecule has 2 fully saturated rings. The quantitative estimate of drug-likeness (QED) is 0.930. The molecule has 0 radical (unpaired) electrons. The van der Waals surface area contributed by atoms with Crippen molar-refractivity contribution in [2.75, 3.05) is 31.6 Å². The van der Waals surface area contributed by atoms with E-state index in [1.165, 1.54) is 18.6 Å². The van der Waals surface area contributed by atoms with Crippen LogP contribution in [0.2, 0.25) is 0 Å². The van der Waals surface area contributed by atoms with E-state index in [1.807, 2.05) is 0 Å². The van der Waals surface area contributed by atoms with Crippen LogP contribution in [0.4, 0.5) is 10.1 Å². The molecule has 1 amide bonds. The molecule has 0 aromatic heterocycles. The maximum Gasteiger partial charge on any atom is 0.225 e. The summed E-state index contributed by atoms with van der Waals surface area (Å²) >= 11 is 0. The molecule has 0 spiro atoms. The van der Waals surface area contributed by atoms with Gasteiger partial charge in [0.15, 0.2) is 0 Å². The van der Waals surface area contributed by atoms with Crippen LogP contribution in [0.3, 0.4) is 0 Å². The third-order valence-corrected chi connectivity index (χ3v) is 4.56. The lowest BCUT2D eigenvalue weighted by Crippen LogP contribution is -2.46. The molecule has 5 heteroatoms. The second kappa shape index (κ2) is 7.20. The molecule has 120 valence electrons. The number of carbonyl (C=O) groups is 1. The zero-order chi connectivity index (χ0) is 15.4. The number of amides is 1. The summed E-state index contributed by atoms with van der Waals surface area (Å²) < 4.78 is 18.9. The zero-order valence-electron chi connectivity index (χ0n) is 12.8. The third kappa shape index (κ3) is 4.05. The summed E-state index contributed by atoms with van der Waals surface area (Å²) in [6.45, 7) is 3.67. The van der Waals surface area contributed by atoms with E-state index in [2.05, 4.69) is 10.2 Å². The van der Waals surface area contributed by atoms with Crippen LogP contribution in [-0.4, -0.2) is 43.2 Å². The Kier molecular flexibility index (Phi) is 5.05. The lowest BCUT2D eigenvalue weighted by molar-refractivity contribution is -0.117. The summed E-state index contributed by atoms with van der Waals surface area (Å²) in [6.07, 6.45) is 4.31. The normalized spacial score (nSPS) is 25.5. The fourth-order valence-corrected chi connectivity index (χ4v) is 3.42. The van der Waals surface area contributed by atoms with Gasteiger partial charge >= 0.3 is 0 Å². The molecule has 0 bridgehead atoms. The van der Waals surface area contributed by atoms with Gasteiger partial charge in [-0.15, -0.1) is 0 Å². The number of anilines is 1. The standard InChI is InChI=1S/C17H23FN2O2/c18-14-4-1-5-15(11-14)19-17(21)7-9-20-8-6-16-13(12-20)3-2-10-22-16/h1,4-5,11,13,16H,2-3,6-10,12H2,(H,19,21)/t13-,16-/m0/s1. The lowest BCUT2D eigenvalue weighted by atomic mass is 9.88. The highest BCUT2D eigenvalue weighted by Crippen LogP contribution is 2.28. The Balaban J connectivity index is 1.43. The van der Waals surface area contributed by atoms with Gasteiger partial charge in [-0.05, 0) is 43.4 Å². The summed E-state index contributed by atoms with van der Waals surface area (Å²) in [4.78, 5) is 14.3. The number of rotatable bonds is 4. The summed E-state index contributed by atoms with van der Waals surface area (Å²) in [6, 6.07) is 6.00. The molecule has 2 atom stereocenters. The molecule has 2 heterocycles. The maximum absolute atomic E-state index is 13.1. The van der Waals surface area contributed by atoms with E-state index >= 15 is 0 Å². The molecule has 2 aliphatic rings. The average molecular weight is 306 g/mol. The van der Waals surface area contributed by atoms with Crippen molar-refractivity contribution in [3.05, 3.63) is 30.1 Å². The Bertz CT molecular complexity index is 523. The predicted molar refractivity (Wildman–Crippen MR) is 83.2 cm³/mol. The van der Waals surface area contributed by atoms with Crippen LogP contribution >= 0.6 is 0 Å². The molecule has 2 saturated heterocycles. The van der Waals surface area contributed by atoms with E-state index in [0.29, 0.717) is 24.1 Å². The number of likely N-dealkylation sites (tertiary alicyclic amines) is 1. The van der Waals surface area contributed by atoms with Crippen molar-refractivity contribution in [3.8, 4) is 0 Å². The van der Waals surface area contributed by atoms with E-state index in [-0.39, 0.29) is 11.7 Å². The van der Waals surface area contributed by atoms with Gasteiger partial charge in [0, 0.05) is 38.3 Å². The fourth-order valence-electron chi connectivity index (χ4n) is 3.42. The molecular formula is C17H23FN2O2. The number of carbonyl (C=O) groups excluding carboxylic acids is 1. The van der Waals surface area contributed by atoms with E-state index in [4.69, 9.17) is 4.74 Å². The Morgan fingerprint density at radius 1 is 1.41 bits per heavy atom. The Morgan fingerprint density at radius 2 is 2.32 bits per heavy atom. The summed E-state index contributed by atoms with van der Waals surface area (Å²) in [5, 5.41) is 2.75. The van der Waals surface area contributed by atoms with Crippen molar-refractivity contribution in [2.24, 2.45) is 5.92 Å². The second-order valence-corrected chi connectivity index (χ2v) is 6.21. The minimum atomic E-state index is -0.336. The molecule has 0 unspecified atom stereocenters. The smallest absolute Gasteiger partial charge is 0.225 e. The van der Waals surface area contributed by atoms with Crippen LogP contribution in [0.1, 0.15) is 25.7 Å². The topological polar surface area (TPSA) is 41.6 Å². The number of piperidine rings is 1. The first-order chi connectivity index (χ1) is 10.7. The van der Waals surface area contributed by atoms with Crippen molar-refractivity contribution in [3.63, 3.8) is 0 Å². The highest BCUT2D eigenvalue weighted by atomic mass is 19.1. The summed E-state index contributed by atoms with van der Waals surface area (Å²) in [5.74, 6) is 0.221. The molecule has 1 aromatic carbocycles. The minimum absolute atomic E-state index is 0.0624. The first kappa shape index (κ1) is 15.4. The third-order valence-electron chi connectivity index (χ3n) is 4.56. The van der Waals surface area contributed by atoms with Crippen LogP contribution < -0.4 is 5.32 Å². The number of nitrogens with zero attached hydrogens (tertiary/aromatic N) is 1. The molecule has 0 saturated carbocycles. The number of ether oxygens (including phenoxy) is 1. The Morgan fingerprint density at radius 3 is 3.18 bits per heavy atom. The maximum atomic E-state index is 13.1. The molecule has 1 N–H and O–H groups in total. The number of hydrogen-bond acceptors (Lipinski definition) is 3. The second-order valence-electron chi connectivity index (χ2n) is 6.21. The Hall–Kier alpha value is -1.46. The Labute approximate surface area is 130 Å². The number of halogens is 1. The van der Waals surface area contributed by atoms with Crippen LogP contribution in [0.15, 0.2) is 24.3 Å². The van der Waals surface area contributed by atoms with Crippen molar-refractivity contribution in [2.45, 2.75) is 31.8 Å². The van der Waals surface area contributed by atoms with Crippen LogP contribution in [0.25, 0.3) is 0 Å². The summed E-state index contributed by atoms with van der Waals surface area (Å²) in [7, 11) is 0. The summed E-state index contributed by atoms with van der Waals surface area (Å²) in [5.41, 5.74) is 0.518. The molecule has 3 rings (SSSR count). The van der Waals surface area contributed by atoms with Gasteiger partial charge in [0.2, 0.25) is 5.91 Å². The molecule has 22 heavy (non-hydrogen) atoms. The van der Waals surface area contributed by atoms with Gasteiger partial charge < -0.3 is 15.0 Å². The molecule has 1 aromatic rings. The van der Waals surface area contributed by atoms with Gasteiger partial charge in [0.05, 0.1) is 6.10 Å². The van der Waals surface area contributed by atoms with E-state index in [9.17, 15) is 9.18 Å². The first-order valence-corrected chi connectivity index (χ1v) is 8.10. The monoisotopic (exact) mass is 306 g/mol. The van der Waals surface area contributed by atoms with Gasteiger partial charge in [0.25, 0.3) is 0 Å². The SMILES string of the molecule is O=C(CCN1CC[C@@H]2OCCC[C@H]2C1)Nc1cccc(F)c1.